The molecule has 0 radical (unpaired) electrons. The summed E-state index contributed by atoms with van der Waals surface area (Å²) in [5.41, 5.74) is 0.658. The smallest absolute Gasteiger partial charge is 0.331 e. The van der Waals surface area contributed by atoms with Gasteiger partial charge in [-0.1, -0.05) is 18.2 Å². The Balaban J connectivity index is 2.28. The summed E-state index contributed by atoms with van der Waals surface area (Å²) in [5.74, 6) is -1.30. The third-order valence-corrected chi connectivity index (χ3v) is 2.59. The molecule has 1 atom stereocenters. The molecule has 0 aromatic heterocycles. The number of rotatable bonds is 7. The first-order chi connectivity index (χ1) is 11.4. The Kier molecular flexibility index (Phi) is 8.04. The molecule has 2 amide bonds. The highest BCUT2D eigenvalue weighted by Gasteiger charge is 2.10. The molecule has 0 heterocycles. The maximum Gasteiger partial charge on any atom is 0.331 e. The number of urea groups is 1. The van der Waals surface area contributed by atoms with Crippen LogP contribution in [-0.4, -0.2) is 36.7 Å². The van der Waals surface area contributed by atoms with Gasteiger partial charge in [0.1, 0.15) is 6.61 Å². The van der Waals surface area contributed by atoms with E-state index >= 15 is 0 Å². The van der Waals surface area contributed by atoms with Crippen LogP contribution in [0.15, 0.2) is 42.5 Å². The van der Waals surface area contributed by atoms with Gasteiger partial charge in [0, 0.05) is 17.8 Å². The van der Waals surface area contributed by atoms with Gasteiger partial charge in [0.15, 0.2) is 0 Å². The normalized spacial score (nSPS) is 11.8. The molecule has 1 rings (SSSR count). The zero-order valence-corrected chi connectivity index (χ0v) is 13.9. The fraction of sp³-hybridized carbons (Fsp3) is 0.353. The van der Waals surface area contributed by atoms with Crippen molar-refractivity contribution in [1.82, 2.24) is 5.32 Å². The minimum absolute atomic E-state index is 0.0232. The first-order valence-corrected chi connectivity index (χ1v) is 7.55. The molecule has 24 heavy (non-hydrogen) atoms. The number of para-hydroxylation sites is 1. The van der Waals surface area contributed by atoms with Crippen LogP contribution in [0.1, 0.15) is 20.8 Å². The molecule has 1 aromatic carbocycles. The molecule has 7 nitrogen and oxygen atoms in total. The predicted molar refractivity (Wildman–Crippen MR) is 89.4 cm³/mol. The number of carbonyl (C=O) groups is 3. The van der Waals surface area contributed by atoms with Crippen molar-refractivity contribution >= 4 is 23.7 Å². The number of ether oxygens (including phenoxy) is 2. The zero-order valence-electron chi connectivity index (χ0n) is 13.9. The molecule has 0 aliphatic carbocycles. The molecule has 0 spiro atoms. The summed E-state index contributed by atoms with van der Waals surface area (Å²) in [7, 11) is 0. The molecular weight excluding hydrogens is 312 g/mol. The number of benzene rings is 1. The van der Waals surface area contributed by atoms with E-state index in [9.17, 15) is 14.4 Å². The first kappa shape index (κ1) is 19.2. The first-order valence-electron chi connectivity index (χ1n) is 7.55. The average Bonchev–Trinajstić information content (AvgIpc) is 2.51. The third-order valence-electron chi connectivity index (χ3n) is 2.59. The van der Waals surface area contributed by atoms with Gasteiger partial charge >= 0.3 is 18.0 Å². The maximum atomic E-state index is 11.7. The molecule has 0 aliphatic rings. The van der Waals surface area contributed by atoms with Gasteiger partial charge in [-0.25, -0.2) is 14.4 Å². The van der Waals surface area contributed by atoms with Crippen LogP contribution >= 0.6 is 0 Å². The molecule has 0 bridgehead atoms. The number of hydrogen-bond donors (Lipinski definition) is 2. The molecule has 2 N–H and O–H groups in total. The van der Waals surface area contributed by atoms with Crippen molar-refractivity contribution in [2.75, 3.05) is 11.9 Å². The molecule has 0 fully saturated rings. The molecule has 1 aromatic rings. The van der Waals surface area contributed by atoms with Gasteiger partial charge in [0.25, 0.3) is 0 Å². The zero-order chi connectivity index (χ0) is 17.9. The molecule has 0 aliphatic heterocycles. The third kappa shape index (κ3) is 8.57. The average molecular weight is 334 g/mol. The lowest BCUT2D eigenvalue weighted by Gasteiger charge is -2.14. The highest BCUT2D eigenvalue weighted by Crippen LogP contribution is 2.04. The van der Waals surface area contributed by atoms with Crippen LogP contribution in [0, 0.1) is 0 Å². The standard InChI is InChI=1S/C17H22N2O5/c1-12(2)24-16(21)10-9-15(20)23-11-13(3)18-17(22)19-14-7-5-4-6-8-14/h4-10,12-13H,11H2,1-3H3,(H2,18,19,22)/b10-9+. The van der Waals surface area contributed by atoms with Crippen LogP contribution in [0.25, 0.3) is 0 Å². The van der Waals surface area contributed by atoms with E-state index < -0.39 is 24.0 Å². The van der Waals surface area contributed by atoms with Crippen molar-refractivity contribution in [2.24, 2.45) is 0 Å². The fourth-order valence-corrected chi connectivity index (χ4v) is 1.62. The van der Waals surface area contributed by atoms with Crippen LogP contribution in [0.5, 0.6) is 0 Å². The van der Waals surface area contributed by atoms with Gasteiger partial charge in [0.05, 0.1) is 12.1 Å². The van der Waals surface area contributed by atoms with Crippen LogP contribution < -0.4 is 10.6 Å². The minimum atomic E-state index is -0.687. The van der Waals surface area contributed by atoms with Crippen molar-refractivity contribution in [3.8, 4) is 0 Å². The van der Waals surface area contributed by atoms with Crippen LogP contribution in [0.3, 0.4) is 0 Å². The second-order valence-electron chi connectivity index (χ2n) is 5.31. The Morgan fingerprint density at radius 1 is 1.04 bits per heavy atom. The SMILES string of the molecule is CC(COC(=O)/C=C/C(=O)OC(C)C)NC(=O)Nc1ccccc1. The van der Waals surface area contributed by atoms with E-state index in [2.05, 4.69) is 10.6 Å². The van der Waals surface area contributed by atoms with E-state index in [1.54, 1.807) is 45.0 Å². The monoisotopic (exact) mass is 334 g/mol. The van der Waals surface area contributed by atoms with E-state index in [1.165, 1.54) is 0 Å². The molecule has 0 saturated carbocycles. The van der Waals surface area contributed by atoms with Gasteiger partial charge < -0.3 is 20.1 Å². The Bertz CT molecular complexity index is 584. The lowest BCUT2D eigenvalue weighted by molar-refractivity contribution is -0.143. The Morgan fingerprint density at radius 2 is 1.67 bits per heavy atom. The van der Waals surface area contributed by atoms with E-state index in [0.717, 1.165) is 12.2 Å². The summed E-state index contributed by atoms with van der Waals surface area (Å²) in [6.07, 6.45) is 1.73. The van der Waals surface area contributed by atoms with Crippen molar-refractivity contribution in [3.05, 3.63) is 42.5 Å². The van der Waals surface area contributed by atoms with Crippen LogP contribution in [0.4, 0.5) is 10.5 Å². The van der Waals surface area contributed by atoms with Gasteiger partial charge in [0.2, 0.25) is 0 Å². The van der Waals surface area contributed by atoms with Gasteiger partial charge in [-0.05, 0) is 32.9 Å². The Labute approximate surface area is 141 Å². The second-order valence-corrected chi connectivity index (χ2v) is 5.31. The van der Waals surface area contributed by atoms with Crippen LogP contribution in [0.2, 0.25) is 0 Å². The van der Waals surface area contributed by atoms with Gasteiger partial charge in [-0.15, -0.1) is 0 Å². The molecule has 7 heteroatoms. The summed E-state index contributed by atoms with van der Waals surface area (Å²) < 4.78 is 9.77. The van der Waals surface area contributed by atoms with Crippen LogP contribution in [-0.2, 0) is 19.1 Å². The summed E-state index contributed by atoms with van der Waals surface area (Å²) >= 11 is 0. The predicted octanol–water partition coefficient (Wildman–Crippen LogP) is 2.25. The van der Waals surface area contributed by atoms with E-state index in [0.29, 0.717) is 5.69 Å². The van der Waals surface area contributed by atoms with Crippen molar-refractivity contribution in [2.45, 2.75) is 32.9 Å². The van der Waals surface area contributed by atoms with Crippen molar-refractivity contribution < 1.29 is 23.9 Å². The summed E-state index contributed by atoms with van der Waals surface area (Å²) in [6.45, 7) is 5.08. The van der Waals surface area contributed by atoms with Gasteiger partial charge in [-0.2, -0.15) is 0 Å². The summed E-state index contributed by atoms with van der Waals surface area (Å²) in [5, 5.41) is 5.28. The number of anilines is 1. The second kappa shape index (κ2) is 10.0. The number of esters is 2. The largest absolute Gasteiger partial charge is 0.460 e. The number of nitrogens with one attached hydrogen (secondary N) is 2. The molecule has 1 unspecified atom stereocenters. The maximum absolute atomic E-state index is 11.7. The molecular formula is C17H22N2O5. The van der Waals surface area contributed by atoms with E-state index in [1.807, 2.05) is 6.07 Å². The molecule has 130 valence electrons. The van der Waals surface area contributed by atoms with Crippen molar-refractivity contribution in [3.63, 3.8) is 0 Å². The number of hydrogen-bond acceptors (Lipinski definition) is 5. The summed E-state index contributed by atoms with van der Waals surface area (Å²) in [4.78, 5) is 34.4. The van der Waals surface area contributed by atoms with Gasteiger partial charge in [-0.3, -0.25) is 0 Å². The number of amides is 2. The molecule has 0 saturated heterocycles. The summed E-state index contributed by atoms with van der Waals surface area (Å²) in [6, 6.07) is 8.16. The van der Waals surface area contributed by atoms with E-state index in [-0.39, 0.29) is 12.7 Å². The lowest BCUT2D eigenvalue weighted by atomic mass is 10.3. The Hall–Kier alpha value is -2.83. The minimum Gasteiger partial charge on any atom is -0.460 e. The topological polar surface area (TPSA) is 93.7 Å². The highest BCUT2D eigenvalue weighted by molar-refractivity contribution is 5.92. The van der Waals surface area contributed by atoms with Crippen molar-refractivity contribution in [1.29, 1.82) is 0 Å². The quantitative estimate of drug-likeness (QED) is 0.589. The lowest BCUT2D eigenvalue weighted by Crippen LogP contribution is -2.39. The highest BCUT2D eigenvalue weighted by atomic mass is 16.5. The Morgan fingerprint density at radius 3 is 2.29 bits per heavy atom. The van der Waals surface area contributed by atoms with E-state index in [4.69, 9.17) is 9.47 Å². The number of carbonyl (C=O) groups excluding carboxylic acids is 3. The fourth-order valence-electron chi connectivity index (χ4n) is 1.62.